The van der Waals surface area contributed by atoms with Gasteiger partial charge in [0.25, 0.3) is 0 Å². The first-order valence-electron chi connectivity index (χ1n) is 5.00. The molecule has 0 aliphatic carbocycles. The summed E-state index contributed by atoms with van der Waals surface area (Å²) in [5, 5.41) is 0. The lowest BCUT2D eigenvalue weighted by Gasteiger charge is -2.07. The van der Waals surface area contributed by atoms with Crippen molar-refractivity contribution < 1.29 is 0 Å². The SMILES string of the molecule is Cc1cc(C)cc(-c2ccccc2I)c1. The Kier molecular flexibility index (Phi) is 3.10. The molecule has 0 aromatic heterocycles. The minimum absolute atomic E-state index is 1.31. The fourth-order valence-electron chi connectivity index (χ4n) is 1.83. The maximum absolute atomic E-state index is 2.39. The van der Waals surface area contributed by atoms with Crippen molar-refractivity contribution >= 4 is 22.6 Å². The Morgan fingerprint density at radius 2 is 1.47 bits per heavy atom. The van der Waals surface area contributed by atoms with Crippen LogP contribution in [0.2, 0.25) is 0 Å². The largest absolute Gasteiger partial charge is 0.0616 e. The lowest BCUT2D eigenvalue weighted by molar-refractivity contribution is 1.38. The molecule has 2 rings (SSSR count). The fraction of sp³-hybridized carbons (Fsp3) is 0.143. The molecule has 2 aromatic carbocycles. The monoisotopic (exact) mass is 308 g/mol. The van der Waals surface area contributed by atoms with Crippen LogP contribution in [0.25, 0.3) is 11.1 Å². The van der Waals surface area contributed by atoms with E-state index in [2.05, 4.69) is 78.9 Å². The molecule has 15 heavy (non-hydrogen) atoms. The average Bonchev–Trinajstić information content (AvgIpc) is 2.16. The van der Waals surface area contributed by atoms with E-state index in [1.165, 1.54) is 25.8 Å². The van der Waals surface area contributed by atoms with Gasteiger partial charge in [-0.15, -0.1) is 0 Å². The van der Waals surface area contributed by atoms with Crippen LogP contribution < -0.4 is 0 Å². The van der Waals surface area contributed by atoms with E-state index in [0.29, 0.717) is 0 Å². The smallest absolute Gasteiger partial charge is 0.0208 e. The van der Waals surface area contributed by atoms with Crippen LogP contribution in [0.15, 0.2) is 42.5 Å². The number of hydrogen-bond acceptors (Lipinski definition) is 0. The Balaban J connectivity index is 2.59. The zero-order valence-electron chi connectivity index (χ0n) is 8.92. The molecule has 0 saturated heterocycles. The topological polar surface area (TPSA) is 0 Å². The van der Waals surface area contributed by atoms with Crippen LogP contribution in [0, 0.1) is 17.4 Å². The second-order valence-electron chi connectivity index (χ2n) is 3.86. The van der Waals surface area contributed by atoms with Gasteiger partial charge in [0, 0.05) is 3.57 Å². The zero-order chi connectivity index (χ0) is 10.8. The minimum atomic E-state index is 1.31. The van der Waals surface area contributed by atoms with Gasteiger partial charge in [0.1, 0.15) is 0 Å². The van der Waals surface area contributed by atoms with Crippen LogP contribution in [0.1, 0.15) is 11.1 Å². The van der Waals surface area contributed by atoms with Gasteiger partial charge in [-0.1, -0.05) is 47.5 Å². The molecule has 0 bridgehead atoms. The Morgan fingerprint density at radius 3 is 2.07 bits per heavy atom. The molecule has 0 amide bonds. The quantitative estimate of drug-likeness (QED) is 0.677. The summed E-state index contributed by atoms with van der Waals surface area (Å²) in [5.41, 5.74) is 5.29. The third-order valence-electron chi connectivity index (χ3n) is 2.41. The highest BCUT2D eigenvalue weighted by atomic mass is 127. The summed E-state index contributed by atoms with van der Waals surface area (Å²) in [6.07, 6.45) is 0. The first kappa shape index (κ1) is 10.7. The van der Waals surface area contributed by atoms with E-state index < -0.39 is 0 Å². The van der Waals surface area contributed by atoms with Crippen molar-refractivity contribution in [3.8, 4) is 11.1 Å². The van der Waals surface area contributed by atoms with E-state index in [9.17, 15) is 0 Å². The summed E-state index contributed by atoms with van der Waals surface area (Å²) < 4.78 is 1.31. The summed E-state index contributed by atoms with van der Waals surface area (Å²) in [6.45, 7) is 4.29. The van der Waals surface area contributed by atoms with Gasteiger partial charge in [-0.05, 0) is 53.6 Å². The fourth-order valence-corrected chi connectivity index (χ4v) is 2.52. The molecule has 0 aliphatic heterocycles. The lowest BCUT2D eigenvalue weighted by Crippen LogP contribution is -1.85. The Labute approximate surface area is 104 Å². The maximum Gasteiger partial charge on any atom is 0.0208 e. The summed E-state index contributed by atoms with van der Waals surface area (Å²) in [5.74, 6) is 0. The predicted octanol–water partition coefficient (Wildman–Crippen LogP) is 4.58. The van der Waals surface area contributed by atoms with Gasteiger partial charge in [-0.25, -0.2) is 0 Å². The van der Waals surface area contributed by atoms with Crippen LogP contribution in [0.3, 0.4) is 0 Å². The molecule has 0 atom stereocenters. The van der Waals surface area contributed by atoms with E-state index in [4.69, 9.17) is 0 Å². The van der Waals surface area contributed by atoms with Crippen LogP contribution in [-0.2, 0) is 0 Å². The standard InChI is InChI=1S/C14H13I/c1-10-7-11(2)9-12(8-10)13-5-3-4-6-14(13)15/h3-9H,1-2H3. The second-order valence-corrected chi connectivity index (χ2v) is 5.02. The highest BCUT2D eigenvalue weighted by Crippen LogP contribution is 2.26. The molecular weight excluding hydrogens is 295 g/mol. The molecule has 0 N–H and O–H groups in total. The molecule has 0 heterocycles. The van der Waals surface area contributed by atoms with Crippen LogP contribution >= 0.6 is 22.6 Å². The molecule has 0 aliphatic rings. The van der Waals surface area contributed by atoms with Gasteiger partial charge in [0.2, 0.25) is 0 Å². The van der Waals surface area contributed by atoms with Crippen LogP contribution in [-0.4, -0.2) is 0 Å². The summed E-state index contributed by atoms with van der Waals surface area (Å²) in [6, 6.07) is 15.2. The summed E-state index contributed by atoms with van der Waals surface area (Å²) in [7, 11) is 0. The summed E-state index contributed by atoms with van der Waals surface area (Å²) in [4.78, 5) is 0. The number of rotatable bonds is 1. The maximum atomic E-state index is 2.39. The lowest BCUT2D eigenvalue weighted by atomic mass is 10.0. The number of hydrogen-bond donors (Lipinski definition) is 0. The molecule has 0 spiro atoms. The number of halogens is 1. The van der Waals surface area contributed by atoms with Crippen molar-refractivity contribution in [3.63, 3.8) is 0 Å². The van der Waals surface area contributed by atoms with Crippen molar-refractivity contribution in [1.29, 1.82) is 0 Å². The molecule has 0 fully saturated rings. The van der Waals surface area contributed by atoms with E-state index in [1.54, 1.807) is 0 Å². The summed E-state index contributed by atoms with van der Waals surface area (Å²) >= 11 is 2.39. The molecule has 1 heteroatoms. The zero-order valence-corrected chi connectivity index (χ0v) is 11.1. The van der Waals surface area contributed by atoms with Crippen molar-refractivity contribution in [1.82, 2.24) is 0 Å². The third kappa shape index (κ3) is 2.40. The highest BCUT2D eigenvalue weighted by molar-refractivity contribution is 14.1. The minimum Gasteiger partial charge on any atom is -0.0616 e. The molecule has 2 aromatic rings. The van der Waals surface area contributed by atoms with Gasteiger partial charge in [-0.2, -0.15) is 0 Å². The van der Waals surface area contributed by atoms with Crippen LogP contribution in [0.5, 0.6) is 0 Å². The van der Waals surface area contributed by atoms with E-state index in [-0.39, 0.29) is 0 Å². The average molecular weight is 308 g/mol. The number of aryl methyl sites for hydroxylation is 2. The Hall–Kier alpha value is -0.830. The normalized spacial score (nSPS) is 10.3. The van der Waals surface area contributed by atoms with Crippen LogP contribution in [0.4, 0.5) is 0 Å². The van der Waals surface area contributed by atoms with E-state index in [0.717, 1.165) is 0 Å². The Morgan fingerprint density at radius 1 is 0.867 bits per heavy atom. The van der Waals surface area contributed by atoms with E-state index >= 15 is 0 Å². The number of benzene rings is 2. The third-order valence-corrected chi connectivity index (χ3v) is 3.35. The first-order valence-corrected chi connectivity index (χ1v) is 6.08. The molecule has 76 valence electrons. The molecular formula is C14H13I. The van der Waals surface area contributed by atoms with E-state index in [1.807, 2.05) is 0 Å². The van der Waals surface area contributed by atoms with Crippen molar-refractivity contribution in [2.24, 2.45) is 0 Å². The predicted molar refractivity (Wildman–Crippen MR) is 74.1 cm³/mol. The molecule has 0 radical (unpaired) electrons. The van der Waals surface area contributed by atoms with Crippen molar-refractivity contribution in [2.45, 2.75) is 13.8 Å². The van der Waals surface area contributed by atoms with Gasteiger partial charge < -0.3 is 0 Å². The molecule has 0 saturated carbocycles. The van der Waals surface area contributed by atoms with Gasteiger partial charge in [0.15, 0.2) is 0 Å². The van der Waals surface area contributed by atoms with Crippen molar-refractivity contribution in [2.75, 3.05) is 0 Å². The second kappa shape index (κ2) is 4.35. The first-order chi connectivity index (χ1) is 7.16. The molecule has 0 nitrogen and oxygen atoms in total. The highest BCUT2D eigenvalue weighted by Gasteiger charge is 2.02. The molecule has 0 unspecified atom stereocenters. The Bertz CT molecular complexity index is 466. The van der Waals surface area contributed by atoms with Crippen molar-refractivity contribution in [3.05, 3.63) is 57.2 Å². The van der Waals surface area contributed by atoms with Gasteiger partial charge in [-0.3, -0.25) is 0 Å². The van der Waals surface area contributed by atoms with Gasteiger partial charge in [0.05, 0.1) is 0 Å². The van der Waals surface area contributed by atoms with Gasteiger partial charge >= 0.3 is 0 Å².